The molecule has 1 aliphatic heterocycles. The number of hydrogen-bond donors (Lipinski definition) is 2. The molecule has 6 nitrogen and oxygen atoms in total. The summed E-state index contributed by atoms with van der Waals surface area (Å²) in [7, 11) is 0. The van der Waals surface area contributed by atoms with Crippen molar-refractivity contribution in [2.75, 3.05) is 45.9 Å². The standard InChI is InChI=1S/C18H26FN3O3/c19-14-1-5-17(6-2-14)25-13-16(23)11-21-7-9-22(10-8-21)12-18(24)20-15-3-4-15/h1-2,5-6,15-16,23H,3-4,7-13H2,(H,20,24). The molecule has 138 valence electrons. The maximum Gasteiger partial charge on any atom is 0.234 e. The van der Waals surface area contributed by atoms with Gasteiger partial charge < -0.3 is 15.2 Å². The summed E-state index contributed by atoms with van der Waals surface area (Å²) in [6.07, 6.45) is 1.61. The smallest absolute Gasteiger partial charge is 0.234 e. The van der Waals surface area contributed by atoms with E-state index in [-0.39, 0.29) is 18.3 Å². The highest BCUT2D eigenvalue weighted by molar-refractivity contribution is 5.78. The molecule has 1 atom stereocenters. The van der Waals surface area contributed by atoms with Crippen LogP contribution in [0.1, 0.15) is 12.8 Å². The van der Waals surface area contributed by atoms with Crippen molar-refractivity contribution in [3.05, 3.63) is 30.1 Å². The van der Waals surface area contributed by atoms with Gasteiger partial charge in [-0.15, -0.1) is 0 Å². The Morgan fingerprint density at radius 2 is 1.84 bits per heavy atom. The summed E-state index contributed by atoms with van der Waals surface area (Å²) in [6, 6.07) is 6.17. The molecule has 1 unspecified atom stereocenters. The number of amides is 1. The van der Waals surface area contributed by atoms with Crippen LogP contribution in [-0.4, -0.2) is 78.8 Å². The lowest BCUT2D eigenvalue weighted by Gasteiger charge is -2.35. The Morgan fingerprint density at radius 3 is 2.48 bits per heavy atom. The van der Waals surface area contributed by atoms with Crippen LogP contribution < -0.4 is 10.1 Å². The molecule has 1 saturated carbocycles. The van der Waals surface area contributed by atoms with Crippen LogP contribution in [0.5, 0.6) is 5.75 Å². The lowest BCUT2D eigenvalue weighted by molar-refractivity contribution is -0.122. The number of hydrogen-bond acceptors (Lipinski definition) is 5. The Bertz CT molecular complexity index is 557. The first-order valence-electron chi connectivity index (χ1n) is 8.89. The second-order valence-corrected chi connectivity index (χ2v) is 6.84. The van der Waals surface area contributed by atoms with Gasteiger partial charge in [-0.05, 0) is 37.1 Å². The fourth-order valence-corrected chi connectivity index (χ4v) is 2.91. The second-order valence-electron chi connectivity index (χ2n) is 6.84. The van der Waals surface area contributed by atoms with E-state index >= 15 is 0 Å². The monoisotopic (exact) mass is 351 g/mol. The Balaban J connectivity index is 1.31. The van der Waals surface area contributed by atoms with E-state index in [1.807, 2.05) is 0 Å². The molecule has 0 radical (unpaired) electrons. The van der Waals surface area contributed by atoms with E-state index in [0.717, 1.165) is 39.0 Å². The average Bonchev–Trinajstić information content (AvgIpc) is 3.40. The van der Waals surface area contributed by atoms with E-state index in [9.17, 15) is 14.3 Å². The third-order valence-corrected chi connectivity index (χ3v) is 4.50. The second kappa shape index (κ2) is 8.60. The molecular weight excluding hydrogens is 325 g/mol. The number of ether oxygens (including phenoxy) is 1. The summed E-state index contributed by atoms with van der Waals surface area (Å²) in [6.45, 7) is 4.46. The van der Waals surface area contributed by atoms with E-state index in [1.54, 1.807) is 12.1 Å². The maximum atomic E-state index is 12.8. The normalized spacial score (nSPS) is 20.2. The molecule has 1 aromatic carbocycles. The zero-order valence-electron chi connectivity index (χ0n) is 14.4. The lowest BCUT2D eigenvalue weighted by atomic mass is 10.2. The molecule has 3 rings (SSSR count). The molecule has 1 aromatic rings. The van der Waals surface area contributed by atoms with Gasteiger partial charge >= 0.3 is 0 Å². The van der Waals surface area contributed by atoms with Crippen molar-refractivity contribution in [3.8, 4) is 5.75 Å². The molecule has 0 bridgehead atoms. The Labute approximate surface area is 147 Å². The number of halogens is 1. The predicted octanol–water partition coefficient (Wildman–Crippen LogP) is 0.462. The van der Waals surface area contributed by atoms with Crippen molar-refractivity contribution < 1.29 is 19.0 Å². The van der Waals surface area contributed by atoms with Crippen molar-refractivity contribution in [1.82, 2.24) is 15.1 Å². The van der Waals surface area contributed by atoms with Crippen LogP contribution in [-0.2, 0) is 4.79 Å². The Hall–Kier alpha value is -1.70. The van der Waals surface area contributed by atoms with Crippen molar-refractivity contribution >= 4 is 5.91 Å². The highest BCUT2D eigenvalue weighted by atomic mass is 19.1. The molecule has 0 aromatic heterocycles. The van der Waals surface area contributed by atoms with E-state index < -0.39 is 6.10 Å². The minimum Gasteiger partial charge on any atom is -0.491 e. The number of aliphatic hydroxyl groups excluding tert-OH is 1. The van der Waals surface area contributed by atoms with Gasteiger partial charge in [-0.3, -0.25) is 14.6 Å². The van der Waals surface area contributed by atoms with Crippen LogP contribution in [0.15, 0.2) is 24.3 Å². The fourth-order valence-electron chi connectivity index (χ4n) is 2.91. The molecule has 25 heavy (non-hydrogen) atoms. The molecule has 2 N–H and O–H groups in total. The van der Waals surface area contributed by atoms with E-state index in [1.165, 1.54) is 12.1 Å². The number of carbonyl (C=O) groups is 1. The number of aliphatic hydroxyl groups is 1. The van der Waals surface area contributed by atoms with E-state index in [4.69, 9.17) is 4.74 Å². The molecule has 1 saturated heterocycles. The van der Waals surface area contributed by atoms with Crippen LogP contribution in [0.2, 0.25) is 0 Å². The number of carbonyl (C=O) groups excluding carboxylic acids is 1. The van der Waals surface area contributed by atoms with Crippen LogP contribution in [0, 0.1) is 5.82 Å². The van der Waals surface area contributed by atoms with Crippen molar-refractivity contribution in [3.63, 3.8) is 0 Å². The SMILES string of the molecule is O=C(CN1CCN(CC(O)COc2ccc(F)cc2)CC1)NC1CC1. The van der Waals surface area contributed by atoms with Crippen LogP contribution in [0.3, 0.4) is 0 Å². The molecule has 1 amide bonds. The maximum absolute atomic E-state index is 12.8. The number of piperazine rings is 1. The molecule has 1 aliphatic carbocycles. The van der Waals surface area contributed by atoms with Gasteiger partial charge in [-0.25, -0.2) is 4.39 Å². The minimum absolute atomic E-state index is 0.115. The predicted molar refractivity (Wildman–Crippen MR) is 91.9 cm³/mol. The van der Waals surface area contributed by atoms with Gasteiger partial charge in [0.15, 0.2) is 0 Å². The first-order valence-corrected chi connectivity index (χ1v) is 8.89. The third-order valence-electron chi connectivity index (χ3n) is 4.50. The summed E-state index contributed by atoms with van der Waals surface area (Å²) < 4.78 is 18.3. The average molecular weight is 351 g/mol. The van der Waals surface area contributed by atoms with Gasteiger partial charge in [-0.2, -0.15) is 0 Å². The highest BCUT2D eigenvalue weighted by Gasteiger charge is 2.25. The summed E-state index contributed by atoms with van der Waals surface area (Å²) in [5.41, 5.74) is 0. The van der Waals surface area contributed by atoms with Crippen molar-refractivity contribution in [2.24, 2.45) is 0 Å². The van der Waals surface area contributed by atoms with Crippen LogP contribution in [0.4, 0.5) is 4.39 Å². The van der Waals surface area contributed by atoms with Gasteiger partial charge in [0.05, 0.1) is 6.54 Å². The molecule has 2 aliphatic rings. The summed E-state index contributed by atoms with van der Waals surface area (Å²) >= 11 is 0. The van der Waals surface area contributed by atoms with Gasteiger partial charge in [0.25, 0.3) is 0 Å². The third kappa shape index (κ3) is 6.26. The largest absolute Gasteiger partial charge is 0.491 e. The number of nitrogens with zero attached hydrogens (tertiary/aromatic N) is 2. The zero-order valence-corrected chi connectivity index (χ0v) is 14.4. The van der Waals surface area contributed by atoms with Gasteiger partial charge in [-0.1, -0.05) is 0 Å². The lowest BCUT2D eigenvalue weighted by Crippen LogP contribution is -2.51. The number of benzene rings is 1. The molecule has 2 fully saturated rings. The Kier molecular flexibility index (Phi) is 6.23. The molecule has 1 heterocycles. The van der Waals surface area contributed by atoms with Gasteiger partial charge in [0, 0.05) is 38.8 Å². The number of β-amino-alcohol motifs (C(OH)–C–C–N with tert-alkyl or cyclic N) is 1. The number of nitrogens with one attached hydrogen (secondary N) is 1. The van der Waals surface area contributed by atoms with Gasteiger partial charge in [0.2, 0.25) is 5.91 Å². The van der Waals surface area contributed by atoms with E-state index in [0.29, 0.717) is 24.9 Å². The summed E-state index contributed by atoms with van der Waals surface area (Å²) in [5, 5.41) is 13.1. The quantitative estimate of drug-likeness (QED) is 0.713. The Morgan fingerprint density at radius 1 is 1.20 bits per heavy atom. The first-order chi connectivity index (χ1) is 12.1. The van der Waals surface area contributed by atoms with Crippen molar-refractivity contribution in [1.29, 1.82) is 0 Å². The first kappa shape index (κ1) is 18.1. The van der Waals surface area contributed by atoms with Gasteiger partial charge in [0.1, 0.15) is 24.3 Å². The van der Waals surface area contributed by atoms with E-state index in [2.05, 4.69) is 15.1 Å². The molecular formula is C18H26FN3O3. The number of rotatable bonds is 8. The molecule has 0 spiro atoms. The topological polar surface area (TPSA) is 65.0 Å². The fraction of sp³-hybridized carbons (Fsp3) is 0.611. The summed E-state index contributed by atoms with van der Waals surface area (Å²) in [5.74, 6) is 0.354. The van der Waals surface area contributed by atoms with Crippen molar-refractivity contribution in [2.45, 2.75) is 25.0 Å². The minimum atomic E-state index is -0.602. The summed E-state index contributed by atoms with van der Waals surface area (Å²) in [4.78, 5) is 16.1. The van der Waals surface area contributed by atoms with Crippen LogP contribution >= 0.6 is 0 Å². The zero-order chi connectivity index (χ0) is 17.6. The molecule has 7 heteroatoms. The highest BCUT2D eigenvalue weighted by Crippen LogP contribution is 2.18. The van der Waals surface area contributed by atoms with Crippen LogP contribution in [0.25, 0.3) is 0 Å².